The lowest BCUT2D eigenvalue weighted by molar-refractivity contribution is -0.114. The van der Waals surface area contributed by atoms with Crippen LogP contribution in [0.4, 0.5) is 16.3 Å². The van der Waals surface area contributed by atoms with Gasteiger partial charge in [0.15, 0.2) is 5.82 Å². The Morgan fingerprint density at radius 1 is 0.931 bits per heavy atom. The Labute approximate surface area is 170 Å². The van der Waals surface area contributed by atoms with Gasteiger partial charge >= 0.3 is 6.03 Å². The molecule has 2 rings (SSSR count). The van der Waals surface area contributed by atoms with Crippen molar-refractivity contribution in [1.82, 2.24) is 14.7 Å². The number of carbonyl (C=O) groups is 2. The maximum atomic E-state index is 12.6. The zero-order valence-electron chi connectivity index (χ0n) is 17.0. The van der Waals surface area contributed by atoms with E-state index in [9.17, 15) is 18.0 Å². The highest BCUT2D eigenvalue weighted by Crippen LogP contribution is 2.32. The third-order valence-electron chi connectivity index (χ3n) is 4.05. The summed E-state index contributed by atoms with van der Waals surface area (Å²) in [6, 6.07) is 4.75. The molecule has 3 amide bonds. The predicted octanol–water partition coefficient (Wildman–Crippen LogP) is 3.19. The van der Waals surface area contributed by atoms with Crippen molar-refractivity contribution in [3.8, 4) is 0 Å². The first-order valence-electron chi connectivity index (χ1n) is 9.08. The van der Waals surface area contributed by atoms with Crippen LogP contribution in [0.2, 0.25) is 0 Å². The number of hydrogen-bond acceptors (Lipinski definition) is 6. The number of urea groups is 1. The van der Waals surface area contributed by atoms with E-state index in [1.54, 1.807) is 0 Å². The number of aromatic nitrogens is 2. The van der Waals surface area contributed by atoms with Gasteiger partial charge in [0.05, 0.1) is 0 Å². The van der Waals surface area contributed by atoms with Crippen molar-refractivity contribution in [2.45, 2.75) is 51.5 Å². The molecule has 1 aromatic heterocycles. The lowest BCUT2D eigenvalue weighted by Crippen LogP contribution is -2.36. The Balaban J connectivity index is 2.34. The van der Waals surface area contributed by atoms with Gasteiger partial charge in [0.2, 0.25) is 10.9 Å². The average Bonchev–Trinajstić information content (AvgIpc) is 2.60. The average molecular weight is 420 g/mol. The molecule has 0 aliphatic carbocycles. The van der Waals surface area contributed by atoms with Crippen LogP contribution in [0.3, 0.4) is 0 Å². The second-order valence-electron chi connectivity index (χ2n) is 7.07. The van der Waals surface area contributed by atoms with E-state index in [1.165, 1.54) is 13.1 Å². The molecule has 0 radical (unpaired) electrons. The number of amides is 3. The van der Waals surface area contributed by atoms with Crippen LogP contribution in [-0.2, 0) is 14.8 Å². The number of nitrogens with one attached hydrogen (secondary N) is 3. The van der Waals surface area contributed by atoms with Crippen LogP contribution in [0.5, 0.6) is 0 Å². The molecule has 9 nitrogen and oxygen atoms in total. The molecule has 0 spiro atoms. The van der Waals surface area contributed by atoms with Gasteiger partial charge in [-0.15, -0.1) is 0 Å². The van der Waals surface area contributed by atoms with E-state index in [2.05, 4.69) is 20.6 Å². The first kappa shape index (κ1) is 22.3. The van der Waals surface area contributed by atoms with E-state index in [-0.39, 0.29) is 17.7 Å². The van der Waals surface area contributed by atoms with Crippen molar-refractivity contribution in [1.29, 1.82) is 0 Å². The van der Waals surface area contributed by atoms with Crippen LogP contribution in [0.15, 0.2) is 35.6 Å². The van der Waals surface area contributed by atoms with E-state index < -0.39 is 27.0 Å². The minimum atomic E-state index is -4.37. The van der Waals surface area contributed by atoms with Crippen LogP contribution in [0, 0.1) is 0 Å². The molecule has 156 valence electrons. The number of hydrogen-bond donors (Lipinski definition) is 3. The van der Waals surface area contributed by atoms with Crippen LogP contribution in [0.25, 0.3) is 0 Å². The standard InChI is InChI=1S/C19H25N5O4S/c1-11(2)14-7-6-8-15(12(3)4)16(14)23-19(26)24-29(27,28)18-17(22-13(5)25)20-9-10-21-18/h6-12H,1-5H3,(H,20,22,25)(H2,23,24,26). The minimum absolute atomic E-state index is 0.118. The molecule has 2 aromatic rings. The van der Waals surface area contributed by atoms with Crippen molar-refractivity contribution >= 4 is 33.5 Å². The van der Waals surface area contributed by atoms with Crippen LogP contribution in [-0.4, -0.2) is 30.3 Å². The Bertz CT molecular complexity index is 993. The van der Waals surface area contributed by atoms with Gasteiger partial charge < -0.3 is 10.6 Å². The molecule has 1 heterocycles. The quantitative estimate of drug-likeness (QED) is 0.659. The molecule has 0 aliphatic rings. The highest BCUT2D eigenvalue weighted by atomic mass is 32.2. The molecule has 0 bridgehead atoms. The number of para-hydroxylation sites is 1. The smallest absolute Gasteiger partial charge is 0.308 e. The van der Waals surface area contributed by atoms with Crippen molar-refractivity contribution in [3.63, 3.8) is 0 Å². The largest absolute Gasteiger partial charge is 0.333 e. The van der Waals surface area contributed by atoms with Crippen LogP contribution >= 0.6 is 0 Å². The summed E-state index contributed by atoms with van der Waals surface area (Å²) in [6.45, 7) is 9.15. The molecule has 0 saturated carbocycles. The summed E-state index contributed by atoms with van der Waals surface area (Å²) >= 11 is 0. The molecular weight excluding hydrogens is 394 g/mol. The molecule has 3 N–H and O–H groups in total. The maximum absolute atomic E-state index is 12.6. The third kappa shape index (κ3) is 5.50. The maximum Gasteiger partial charge on any atom is 0.333 e. The summed E-state index contributed by atoms with van der Waals surface area (Å²) in [5, 5.41) is 4.40. The number of carbonyl (C=O) groups excluding carboxylic acids is 2. The Morgan fingerprint density at radius 2 is 1.48 bits per heavy atom. The molecule has 0 aliphatic heterocycles. The van der Waals surface area contributed by atoms with Gasteiger partial charge in [0.25, 0.3) is 10.0 Å². The zero-order chi connectivity index (χ0) is 21.8. The van der Waals surface area contributed by atoms with Crippen molar-refractivity contribution in [2.75, 3.05) is 10.6 Å². The molecule has 0 atom stereocenters. The zero-order valence-corrected chi connectivity index (χ0v) is 17.8. The fourth-order valence-electron chi connectivity index (χ4n) is 2.78. The monoisotopic (exact) mass is 419 g/mol. The topological polar surface area (TPSA) is 130 Å². The molecule has 0 fully saturated rings. The minimum Gasteiger partial charge on any atom is -0.308 e. The summed E-state index contributed by atoms with van der Waals surface area (Å²) in [7, 11) is -4.37. The van der Waals surface area contributed by atoms with Gasteiger partial charge in [-0.05, 0) is 23.0 Å². The van der Waals surface area contributed by atoms with Crippen molar-refractivity contribution in [3.05, 3.63) is 41.7 Å². The highest BCUT2D eigenvalue weighted by Gasteiger charge is 2.25. The predicted molar refractivity (Wildman–Crippen MR) is 110 cm³/mol. The summed E-state index contributed by atoms with van der Waals surface area (Å²) < 4.78 is 27.2. The second kappa shape index (κ2) is 8.99. The number of rotatable bonds is 6. The van der Waals surface area contributed by atoms with Gasteiger partial charge in [0, 0.05) is 25.0 Å². The van der Waals surface area contributed by atoms with Crippen molar-refractivity contribution < 1.29 is 18.0 Å². The Kier molecular flexibility index (Phi) is 6.91. The van der Waals surface area contributed by atoms with E-state index in [0.29, 0.717) is 5.69 Å². The molecule has 0 unspecified atom stereocenters. The second-order valence-corrected chi connectivity index (χ2v) is 8.67. The highest BCUT2D eigenvalue weighted by molar-refractivity contribution is 7.90. The first-order chi connectivity index (χ1) is 13.5. The molecule has 10 heteroatoms. The first-order valence-corrected chi connectivity index (χ1v) is 10.6. The Morgan fingerprint density at radius 3 is 2.00 bits per heavy atom. The fraction of sp³-hybridized carbons (Fsp3) is 0.368. The summed E-state index contributed by atoms with van der Waals surface area (Å²) in [4.78, 5) is 31.4. The van der Waals surface area contributed by atoms with E-state index >= 15 is 0 Å². The molecular formula is C19H25N5O4S. The van der Waals surface area contributed by atoms with E-state index in [4.69, 9.17) is 0 Å². The van der Waals surface area contributed by atoms with Gasteiger partial charge in [0.1, 0.15) is 0 Å². The number of sulfonamides is 1. The normalized spacial score (nSPS) is 11.4. The summed E-state index contributed by atoms with van der Waals surface area (Å²) in [5.74, 6) is -0.538. The van der Waals surface area contributed by atoms with E-state index in [1.807, 2.05) is 50.6 Å². The Hall–Kier alpha value is -3.01. The van der Waals surface area contributed by atoms with E-state index in [0.717, 1.165) is 17.3 Å². The van der Waals surface area contributed by atoms with Gasteiger partial charge in [-0.3, -0.25) is 4.79 Å². The lowest BCUT2D eigenvalue weighted by atomic mass is 9.93. The summed E-state index contributed by atoms with van der Waals surface area (Å²) in [6.07, 6.45) is 2.39. The molecule has 0 saturated heterocycles. The molecule has 29 heavy (non-hydrogen) atoms. The van der Waals surface area contributed by atoms with Crippen molar-refractivity contribution in [2.24, 2.45) is 0 Å². The molecule has 1 aromatic carbocycles. The fourth-order valence-corrected chi connectivity index (χ4v) is 3.73. The lowest BCUT2D eigenvalue weighted by Gasteiger charge is -2.20. The third-order valence-corrected chi connectivity index (χ3v) is 5.31. The van der Waals surface area contributed by atoms with Gasteiger partial charge in [-0.1, -0.05) is 45.9 Å². The van der Waals surface area contributed by atoms with Crippen LogP contribution < -0.4 is 15.4 Å². The number of benzene rings is 1. The SMILES string of the molecule is CC(=O)Nc1nccnc1S(=O)(=O)NC(=O)Nc1c(C(C)C)cccc1C(C)C. The number of anilines is 2. The van der Waals surface area contributed by atoms with Crippen LogP contribution in [0.1, 0.15) is 57.6 Å². The number of nitrogens with zero attached hydrogens (tertiary/aromatic N) is 2. The van der Waals surface area contributed by atoms with Gasteiger partial charge in [-0.2, -0.15) is 8.42 Å². The summed E-state index contributed by atoms with van der Waals surface area (Å²) in [5.41, 5.74) is 2.36. The van der Waals surface area contributed by atoms with Gasteiger partial charge in [-0.25, -0.2) is 19.5 Å².